The summed E-state index contributed by atoms with van der Waals surface area (Å²) in [6, 6.07) is 6.75. The lowest BCUT2D eigenvalue weighted by atomic mass is 10.1. The van der Waals surface area contributed by atoms with Crippen LogP contribution in [0.3, 0.4) is 0 Å². The Morgan fingerprint density at radius 2 is 1.78 bits per heavy atom. The molecule has 1 unspecified atom stereocenters. The Labute approximate surface area is 215 Å². The van der Waals surface area contributed by atoms with Crippen molar-refractivity contribution in [2.45, 2.75) is 51.2 Å². The molecule has 2 aromatic rings. The molecule has 1 atom stereocenters. The minimum Gasteiger partial charge on any atom is -0.444 e. The summed E-state index contributed by atoms with van der Waals surface area (Å²) in [5.41, 5.74) is -0.266. The zero-order valence-electron chi connectivity index (χ0n) is 21.5. The molecular formula is C24H33FN2O7S2. The predicted molar refractivity (Wildman–Crippen MR) is 135 cm³/mol. The van der Waals surface area contributed by atoms with Crippen LogP contribution >= 0.6 is 11.3 Å². The summed E-state index contributed by atoms with van der Waals surface area (Å²) in [5.74, 6) is -1.08. The van der Waals surface area contributed by atoms with Gasteiger partial charge in [-0.05, 0) is 44.5 Å². The van der Waals surface area contributed by atoms with Crippen LogP contribution in [0.25, 0.3) is 0 Å². The van der Waals surface area contributed by atoms with E-state index >= 15 is 0 Å². The van der Waals surface area contributed by atoms with Gasteiger partial charge in [0.05, 0.1) is 11.0 Å². The first-order chi connectivity index (χ1) is 16.7. The first kappa shape index (κ1) is 29.8. The molecule has 0 aliphatic heterocycles. The standard InChI is InChI=1S/C24H33FN2O7S2/c1-15(2)21(28)19-12-20(22(35-19)26-23(29)34-24(3,4)5)36(30,31)27(6)13-18(33-14-32-7)16-8-10-17(25)11-9-16/h8-12,15,18H,13-14H2,1-7H3,(H,26,29). The molecular weight excluding hydrogens is 511 g/mol. The third-order valence-corrected chi connectivity index (χ3v) is 7.86. The van der Waals surface area contributed by atoms with E-state index in [9.17, 15) is 22.4 Å². The molecule has 0 saturated heterocycles. The monoisotopic (exact) mass is 544 g/mol. The minimum atomic E-state index is -4.21. The van der Waals surface area contributed by atoms with Crippen molar-refractivity contribution >= 4 is 38.2 Å². The molecule has 0 aliphatic rings. The molecule has 0 radical (unpaired) electrons. The largest absolute Gasteiger partial charge is 0.444 e. The third-order valence-electron chi connectivity index (χ3n) is 4.82. The van der Waals surface area contributed by atoms with Gasteiger partial charge in [0.1, 0.15) is 28.1 Å². The number of hydrogen-bond acceptors (Lipinski definition) is 8. The van der Waals surface area contributed by atoms with Gasteiger partial charge in [-0.25, -0.2) is 17.6 Å². The maximum Gasteiger partial charge on any atom is 0.412 e. The molecule has 0 spiro atoms. The smallest absolute Gasteiger partial charge is 0.412 e. The molecule has 1 amide bonds. The molecule has 0 aliphatic carbocycles. The van der Waals surface area contributed by atoms with Gasteiger partial charge in [0.25, 0.3) is 0 Å². The van der Waals surface area contributed by atoms with Crippen LogP contribution in [-0.4, -0.2) is 57.7 Å². The third kappa shape index (κ3) is 8.07. The van der Waals surface area contributed by atoms with Gasteiger partial charge in [-0.15, -0.1) is 11.3 Å². The van der Waals surface area contributed by atoms with E-state index < -0.39 is 33.6 Å². The van der Waals surface area contributed by atoms with Gasteiger partial charge in [-0.2, -0.15) is 4.31 Å². The van der Waals surface area contributed by atoms with Gasteiger partial charge in [0.15, 0.2) is 5.78 Å². The highest BCUT2D eigenvalue weighted by Gasteiger charge is 2.32. The van der Waals surface area contributed by atoms with E-state index in [1.807, 2.05) is 0 Å². The van der Waals surface area contributed by atoms with Crippen LogP contribution in [-0.2, 0) is 24.2 Å². The number of ether oxygens (including phenoxy) is 3. The number of nitrogens with zero attached hydrogens (tertiary/aromatic N) is 1. The van der Waals surface area contributed by atoms with Crippen LogP contribution in [0.1, 0.15) is 56.0 Å². The fourth-order valence-electron chi connectivity index (χ4n) is 3.04. The number of likely N-dealkylation sites (N-methyl/N-ethyl adjacent to an activating group) is 1. The van der Waals surface area contributed by atoms with Gasteiger partial charge in [-0.1, -0.05) is 26.0 Å². The number of amides is 1. The van der Waals surface area contributed by atoms with E-state index in [0.29, 0.717) is 5.56 Å². The number of carbonyl (C=O) groups is 2. The number of sulfonamides is 1. The number of hydrogen-bond donors (Lipinski definition) is 1. The molecule has 2 rings (SSSR count). The molecule has 0 saturated carbocycles. The Morgan fingerprint density at radius 3 is 2.31 bits per heavy atom. The van der Waals surface area contributed by atoms with Crippen molar-refractivity contribution in [1.29, 1.82) is 0 Å². The zero-order chi connectivity index (χ0) is 27.3. The molecule has 36 heavy (non-hydrogen) atoms. The van der Waals surface area contributed by atoms with E-state index in [4.69, 9.17) is 14.2 Å². The number of nitrogens with one attached hydrogen (secondary N) is 1. The number of carbonyl (C=O) groups excluding carboxylic acids is 2. The summed E-state index contributed by atoms with van der Waals surface area (Å²) in [4.78, 5) is 25.0. The van der Waals surface area contributed by atoms with Gasteiger partial charge in [0, 0.05) is 26.6 Å². The number of halogens is 1. The molecule has 9 nitrogen and oxygen atoms in total. The Kier molecular flexibility index (Phi) is 10.1. The van der Waals surface area contributed by atoms with Crippen LogP contribution in [0, 0.1) is 11.7 Å². The second-order valence-corrected chi connectivity index (χ2v) is 12.4. The molecule has 12 heteroatoms. The average molecular weight is 545 g/mol. The number of methoxy groups -OCH3 is 1. The Hall–Kier alpha value is -2.38. The number of Topliss-reactive ketones (excluding diaryl/α,β-unsaturated/α-hetero) is 1. The van der Waals surface area contributed by atoms with Crippen LogP contribution < -0.4 is 5.32 Å². The highest BCUT2D eigenvalue weighted by molar-refractivity contribution is 7.89. The first-order valence-electron chi connectivity index (χ1n) is 11.2. The molecule has 1 aromatic carbocycles. The lowest BCUT2D eigenvalue weighted by molar-refractivity contribution is -0.0763. The van der Waals surface area contributed by atoms with Crippen molar-refractivity contribution in [3.63, 3.8) is 0 Å². The quantitative estimate of drug-likeness (QED) is 0.311. The molecule has 1 N–H and O–H groups in total. The van der Waals surface area contributed by atoms with Crippen LogP contribution in [0.4, 0.5) is 14.2 Å². The van der Waals surface area contributed by atoms with E-state index in [-0.39, 0.29) is 39.8 Å². The number of benzene rings is 1. The fraction of sp³-hybridized carbons (Fsp3) is 0.500. The summed E-state index contributed by atoms with van der Waals surface area (Å²) in [7, 11) is -1.43. The van der Waals surface area contributed by atoms with Crippen molar-refractivity contribution < 1.29 is 36.6 Å². The summed E-state index contributed by atoms with van der Waals surface area (Å²) in [5, 5.41) is 2.44. The predicted octanol–water partition coefficient (Wildman–Crippen LogP) is 5.06. The van der Waals surface area contributed by atoms with Crippen molar-refractivity contribution in [3.8, 4) is 0 Å². The van der Waals surface area contributed by atoms with Gasteiger partial charge < -0.3 is 14.2 Å². The highest BCUT2D eigenvalue weighted by Crippen LogP contribution is 2.36. The highest BCUT2D eigenvalue weighted by atomic mass is 32.2. The SMILES string of the molecule is COCOC(CN(C)S(=O)(=O)c1cc(C(=O)C(C)C)sc1NC(=O)OC(C)(C)C)c1ccc(F)cc1. The summed E-state index contributed by atoms with van der Waals surface area (Å²) < 4.78 is 57.5. The first-order valence-corrected chi connectivity index (χ1v) is 13.4. The number of ketones is 1. The lowest BCUT2D eigenvalue weighted by Crippen LogP contribution is -2.33. The minimum absolute atomic E-state index is 0.0313. The molecule has 1 aromatic heterocycles. The van der Waals surface area contributed by atoms with E-state index in [2.05, 4.69) is 5.32 Å². The Bertz CT molecular complexity index is 1160. The fourth-order valence-corrected chi connectivity index (χ4v) is 5.80. The number of rotatable bonds is 11. The van der Waals surface area contributed by atoms with Crippen molar-refractivity contribution in [1.82, 2.24) is 4.31 Å². The lowest BCUT2D eigenvalue weighted by Gasteiger charge is -2.24. The summed E-state index contributed by atoms with van der Waals surface area (Å²) in [6.07, 6.45) is -1.62. The number of thiophene rings is 1. The van der Waals surface area contributed by atoms with Crippen LogP contribution in [0.15, 0.2) is 35.2 Å². The Balaban J connectivity index is 2.43. The number of anilines is 1. The van der Waals surface area contributed by atoms with E-state index in [0.717, 1.165) is 15.6 Å². The van der Waals surface area contributed by atoms with Crippen molar-refractivity contribution in [2.24, 2.45) is 5.92 Å². The summed E-state index contributed by atoms with van der Waals surface area (Å²) in [6.45, 7) is 8.16. The maximum absolute atomic E-state index is 13.6. The van der Waals surface area contributed by atoms with E-state index in [1.165, 1.54) is 44.5 Å². The molecule has 0 fully saturated rings. The average Bonchev–Trinajstić information content (AvgIpc) is 3.19. The molecule has 1 heterocycles. The maximum atomic E-state index is 13.6. The van der Waals surface area contributed by atoms with Crippen molar-refractivity contribution in [3.05, 3.63) is 46.6 Å². The summed E-state index contributed by atoms with van der Waals surface area (Å²) >= 11 is 0.865. The second kappa shape index (κ2) is 12.2. The second-order valence-electron chi connectivity index (χ2n) is 9.35. The van der Waals surface area contributed by atoms with E-state index in [1.54, 1.807) is 34.6 Å². The van der Waals surface area contributed by atoms with Crippen molar-refractivity contribution in [2.75, 3.05) is 32.8 Å². The van der Waals surface area contributed by atoms with Gasteiger partial charge in [-0.3, -0.25) is 10.1 Å². The normalized spacial score (nSPS) is 13.2. The van der Waals surface area contributed by atoms with Crippen LogP contribution in [0.5, 0.6) is 0 Å². The van der Waals surface area contributed by atoms with Crippen LogP contribution in [0.2, 0.25) is 0 Å². The zero-order valence-corrected chi connectivity index (χ0v) is 23.1. The van der Waals surface area contributed by atoms with Gasteiger partial charge in [0.2, 0.25) is 10.0 Å². The molecule has 200 valence electrons. The van der Waals surface area contributed by atoms with Gasteiger partial charge >= 0.3 is 6.09 Å². The Morgan fingerprint density at radius 1 is 1.17 bits per heavy atom. The topological polar surface area (TPSA) is 111 Å². The molecule has 0 bridgehead atoms.